The molecule has 0 radical (unpaired) electrons. The fourth-order valence-corrected chi connectivity index (χ4v) is 1.96. The lowest BCUT2D eigenvalue weighted by Gasteiger charge is -2.03. The van der Waals surface area contributed by atoms with Gasteiger partial charge in [-0.1, -0.05) is 35.0 Å². The van der Waals surface area contributed by atoms with E-state index in [4.69, 9.17) is 4.52 Å². The van der Waals surface area contributed by atoms with Crippen molar-refractivity contribution in [3.63, 3.8) is 0 Å². The van der Waals surface area contributed by atoms with E-state index in [1.807, 2.05) is 38.1 Å². The van der Waals surface area contributed by atoms with E-state index in [9.17, 15) is 0 Å². The van der Waals surface area contributed by atoms with Crippen molar-refractivity contribution in [1.29, 1.82) is 0 Å². The molecule has 0 fully saturated rings. The van der Waals surface area contributed by atoms with Crippen molar-refractivity contribution in [1.82, 2.24) is 25.1 Å². The molecule has 3 rings (SSSR count). The molecule has 0 unspecified atom stereocenters. The van der Waals surface area contributed by atoms with Crippen molar-refractivity contribution in [2.75, 3.05) is 0 Å². The molecular weight excluding hydrogens is 254 g/mol. The maximum absolute atomic E-state index is 5.12. The minimum Gasteiger partial charge on any atom is -0.339 e. The van der Waals surface area contributed by atoms with Crippen molar-refractivity contribution in [3.8, 4) is 17.2 Å². The Hall–Kier alpha value is -2.50. The first-order valence-electron chi connectivity index (χ1n) is 6.51. The number of benzene rings is 1. The second kappa shape index (κ2) is 4.88. The number of aromatic nitrogens is 5. The zero-order chi connectivity index (χ0) is 14.1. The van der Waals surface area contributed by atoms with Gasteiger partial charge >= 0.3 is 0 Å². The Morgan fingerprint density at radius 3 is 2.55 bits per heavy atom. The largest absolute Gasteiger partial charge is 0.339 e. The van der Waals surface area contributed by atoms with Gasteiger partial charge in [0.2, 0.25) is 11.7 Å². The van der Waals surface area contributed by atoms with Gasteiger partial charge in [-0.05, 0) is 26.0 Å². The van der Waals surface area contributed by atoms with E-state index in [1.165, 1.54) is 5.56 Å². The highest BCUT2D eigenvalue weighted by atomic mass is 16.5. The topological polar surface area (TPSA) is 69.6 Å². The number of nitrogens with zero attached hydrogens (tertiary/aromatic N) is 5. The molecule has 3 aromatic rings. The van der Waals surface area contributed by atoms with Crippen molar-refractivity contribution in [3.05, 3.63) is 41.4 Å². The van der Waals surface area contributed by atoms with E-state index in [2.05, 4.69) is 27.4 Å². The molecule has 0 aliphatic carbocycles. The van der Waals surface area contributed by atoms with Crippen molar-refractivity contribution in [2.45, 2.75) is 27.2 Å². The summed E-state index contributed by atoms with van der Waals surface area (Å²) < 4.78 is 6.89. The average molecular weight is 269 g/mol. The molecule has 0 bridgehead atoms. The predicted octanol–water partition coefficient (Wildman–Crippen LogP) is 2.50. The Balaban J connectivity index is 2.02. The molecule has 0 amide bonds. The van der Waals surface area contributed by atoms with Gasteiger partial charge in [-0.15, -0.1) is 5.10 Å². The molecule has 0 aliphatic heterocycles. The Morgan fingerprint density at radius 2 is 1.90 bits per heavy atom. The highest BCUT2D eigenvalue weighted by molar-refractivity contribution is 5.52. The van der Waals surface area contributed by atoms with Crippen LogP contribution < -0.4 is 0 Å². The van der Waals surface area contributed by atoms with Gasteiger partial charge in [0.05, 0.1) is 11.4 Å². The molecule has 6 nitrogen and oxygen atoms in total. The first-order valence-corrected chi connectivity index (χ1v) is 6.51. The maximum Gasteiger partial charge on any atom is 0.226 e. The van der Waals surface area contributed by atoms with Crippen molar-refractivity contribution < 1.29 is 4.52 Å². The Labute approximate surface area is 116 Å². The molecule has 0 saturated heterocycles. The van der Waals surface area contributed by atoms with Gasteiger partial charge in [0.1, 0.15) is 0 Å². The molecule has 2 heterocycles. The minimum absolute atomic E-state index is 0.484. The predicted molar refractivity (Wildman–Crippen MR) is 73.5 cm³/mol. The fraction of sp³-hybridized carbons (Fsp3) is 0.286. The second-order valence-electron chi connectivity index (χ2n) is 4.64. The summed E-state index contributed by atoms with van der Waals surface area (Å²) in [7, 11) is 0. The van der Waals surface area contributed by atoms with Crippen LogP contribution in [0.5, 0.6) is 0 Å². The third-order valence-corrected chi connectivity index (χ3v) is 3.16. The van der Waals surface area contributed by atoms with E-state index in [0.717, 1.165) is 11.4 Å². The molecule has 0 N–H and O–H groups in total. The fourth-order valence-electron chi connectivity index (χ4n) is 1.96. The van der Waals surface area contributed by atoms with Crippen molar-refractivity contribution >= 4 is 0 Å². The van der Waals surface area contributed by atoms with Gasteiger partial charge < -0.3 is 4.52 Å². The molecule has 0 spiro atoms. The average Bonchev–Trinajstić information content (AvgIpc) is 3.06. The summed E-state index contributed by atoms with van der Waals surface area (Å²) in [6, 6.07) is 8.10. The number of aryl methyl sites for hydroxylation is 2. The summed E-state index contributed by atoms with van der Waals surface area (Å²) >= 11 is 0. The monoisotopic (exact) mass is 269 g/mol. The summed E-state index contributed by atoms with van der Waals surface area (Å²) in [5.74, 6) is 1.09. The van der Waals surface area contributed by atoms with Gasteiger partial charge in [0.25, 0.3) is 0 Å². The normalized spacial score (nSPS) is 10.9. The van der Waals surface area contributed by atoms with Gasteiger partial charge in [-0.3, -0.25) is 0 Å². The summed E-state index contributed by atoms with van der Waals surface area (Å²) in [6.07, 6.45) is 0.706. The second-order valence-corrected chi connectivity index (χ2v) is 4.64. The van der Waals surface area contributed by atoms with Crippen LogP contribution in [0.25, 0.3) is 17.2 Å². The lowest BCUT2D eigenvalue weighted by Crippen LogP contribution is -1.99. The van der Waals surface area contributed by atoms with Crippen LogP contribution in [0.3, 0.4) is 0 Å². The van der Waals surface area contributed by atoms with E-state index in [0.29, 0.717) is 23.8 Å². The zero-order valence-electron chi connectivity index (χ0n) is 11.7. The molecule has 0 atom stereocenters. The van der Waals surface area contributed by atoms with Crippen LogP contribution in [-0.2, 0) is 6.42 Å². The highest BCUT2D eigenvalue weighted by Crippen LogP contribution is 2.20. The van der Waals surface area contributed by atoms with Crippen molar-refractivity contribution in [2.24, 2.45) is 0 Å². The van der Waals surface area contributed by atoms with Gasteiger partial charge in [0, 0.05) is 6.42 Å². The van der Waals surface area contributed by atoms with Crippen LogP contribution in [0.2, 0.25) is 0 Å². The molecule has 2 aromatic heterocycles. The number of rotatable bonds is 3. The Kier molecular flexibility index (Phi) is 3.06. The molecular formula is C14H15N5O. The number of hydrogen-bond donors (Lipinski definition) is 0. The van der Waals surface area contributed by atoms with E-state index < -0.39 is 0 Å². The molecule has 20 heavy (non-hydrogen) atoms. The zero-order valence-corrected chi connectivity index (χ0v) is 11.7. The first kappa shape index (κ1) is 12.5. The smallest absolute Gasteiger partial charge is 0.226 e. The maximum atomic E-state index is 5.12. The van der Waals surface area contributed by atoms with Crippen LogP contribution in [0, 0.1) is 13.8 Å². The Morgan fingerprint density at radius 1 is 1.15 bits per heavy atom. The molecule has 0 aliphatic rings. The third-order valence-electron chi connectivity index (χ3n) is 3.16. The molecule has 0 saturated carbocycles. The Bertz CT molecular complexity index is 726. The van der Waals surface area contributed by atoms with Gasteiger partial charge in [0.15, 0.2) is 5.69 Å². The van der Waals surface area contributed by atoms with Gasteiger partial charge in [-0.25, -0.2) is 4.68 Å². The minimum atomic E-state index is 0.484. The SMILES string of the molecule is CCc1nc(-c2nnn(-c3ccc(C)cc3)c2C)no1. The van der Waals surface area contributed by atoms with Crippen LogP contribution >= 0.6 is 0 Å². The lowest BCUT2D eigenvalue weighted by atomic mass is 10.2. The van der Waals surface area contributed by atoms with Crippen LogP contribution in [0.15, 0.2) is 28.8 Å². The highest BCUT2D eigenvalue weighted by Gasteiger charge is 2.17. The molecule has 102 valence electrons. The van der Waals surface area contributed by atoms with Crippen LogP contribution in [-0.4, -0.2) is 25.1 Å². The molecule has 1 aromatic carbocycles. The summed E-state index contributed by atoms with van der Waals surface area (Å²) in [6.45, 7) is 5.96. The first-order chi connectivity index (χ1) is 9.69. The van der Waals surface area contributed by atoms with Crippen LogP contribution in [0.1, 0.15) is 24.1 Å². The third kappa shape index (κ3) is 2.09. The van der Waals surface area contributed by atoms with Crippen LogP contribution in [0.4, 0.5) is 0 Å². The van der Waals surface area contributed by atoms with Gasteiger partial charge in [-0.2, -0.15) is 4.98 Å². The summed E-state index contributed by atoms with van der Waals surface area (Å²) in [5.41, 5.74) is 3.70. The standard InChI is InChI=1S/C14H15N5O/c1-4-12-15-14(17-20-12)13-10(3)19(18-16-13)11-7-5-9(2)6-8-11/h5-8H,4H2,1-3H3. The molecule has 6 heteroatoms. The lowest BCUT2D eigenvalue weighted by molar-refractivity contribution is 0.382. The quantitative estimate of drug-likeness (QED) is 0.730. The van der Waals surface area contributed by atoms with E-state index in [1.54, 1.807) is 4.68 Å². The van der Waals surface area contributed by atoms with E-state index >= 15 is 0 Å². The number of hydrogen-bond acceptors (Lipinski definition) is 5. The van der Waals surface area contributed by atoms with E-state index in [-0.39, 0.29) is 0 Å². The summed E-state index contributed by atoms with van der Waals surface area (Å²) in [4.78, 5) is 4.29. The summed E-state index contributed by atoms with van der Waals surface area (Å²) in [5, 5.41) is 12.3.